The number of hydrogen-bond acceptors (Lipinski definition) is 2. The van der Waals surface area contributed by atoms with E-state index >= 15 is 0 Å². The largest absolute Gasteiger partial charge is 0.481 e. The van der Waals surface area contributed by atoms with Crippen molar-refractivity contribution in [2.24, 2.45) is 11.3 Å². The van der Waals surface area contributed by atoms with E-state index in [1.165, 1.54) is 12.8 Å². The number of aliphatic carboxylic acids is 1. The number of carboxylic acid groups (broad SMARTS) is 1. The first-order valence-corrected chi connectivity index (χ1v) is 6.02. The van der Waals surface area contributed by atoms with Gasteiger partial charge in [-0.2, -0.15) is 0 Å². The summed E-state index contributed by atoms with van der Waals surface area (Å²) in [6, 6.07) is 0.474. The predicted octanol–water partition coefficient (Wildman–Crippen LogP) is 2.27. The van der Waals surface area contributed by atoms with Gasteiger partial charge in [-0.1, -0.05) is 13.8 Å². The predicted molar refractivity (Wildman–Crippen MR) is 60.8 cm³/mol. The van der Waals surface area contributed by atoms with E-state index in [9.17, 15) is 9.90 Å². The molecule has 1 unspecified atom stereocenters. The van der Waals surface area contributed by atoms with E-state index in [2.05, 4.69) is 12.2 Å². The van der Waals surface area contributed by atoms with Gasteiger partial charge in [0.15, 0.2) is 0 Å². The Kier molecular flexibility index (Phi) is 4.14. The molecule has 88 valence electrons. The quantitative estimate of drug-likeness (QED) is 0.682. The molecule has 0 amide bonds. The normalized spacial score (nSPS) is 18.9. The average Bonchev–Trinajstić information content (AvgIpc) is 3.02. The molecule has 2 N–H and O–H groups in total. The summed E-state index contributed by atoms with van der Waals surface area (Å²) in [5, 5.41) is 12.6. The zero-order valence-electron chi connectivity index (χ0n) is 10.0. The highest BCUT2D eigenvalue weighted by atomic mass is 16.4. The summed E-state index contributed by atoms with van der Waals surface area (Å²) in [6.45, 7) is 6.69. The fraction of sp³-hybridized carbons (Fsp3) is 0.917. The second-order valence-corrected chi connectivity index (χ2v) is 4.80. The number of rotatable bonds is 7. The van der Waals surface area contributed by atoms with Gasteiger partial charge in [-0.3, -0.25) is 4.79 Å². The van der Waals surface area contributed by atoms with Gasteiger partial charge in [-0.15, -0.1) is 0 Å². The molecule has 3 nitrogen and oxygen atoms in total. The van der Waals surface area contributed by atoms with Crippen LogP contribution in [0.4, 0.5) is 0 Å². The van der Waals surface area contributed by atoms with Crippen molar-refractivity contribution < 1.29 is 9.90 Å². The molecular formula is C12H23NO2. The third-order valence-corrected chi connectivity index (χ3v) is 3.90. The molecule has 0 saturated heterocycles. The molecule has 0 aromatic carbocycles. The van der Waals surface area contributed by atoms with Crippen LogP contribution in [-0.2, 0) is 4.79 Å². The summed E-state index contributed by atoms with van der Waals surface area (Å²) in [5.41, 5.74) is -0.566. The van der Waals surface area contributed by atoms with Crippen LogP contribution in [0.2, 0.25) is 0 Å². The van der Waals surface area contributed by atoms with Gasteiger partial charge in [0, 0.05) is 12.6 Å². The van der Waals surface area contributed by atoms with Crippen molar-refractivity contribution >= 4 is 5.97 Å². The lowest BCUT2D eigenvalue weighted by molar-refractivity contribution is -0.149. The van der Waals surface area contributed by atoms with E-state index in [-0.39, 0.29) is 0 Å². The van der Waals surface area contributed by atoms with Crippen LogP contribution in [0, 0.1) is 11.3 Å². The second-order valence-electron chi connectivity index (χ2n) is 4.80. The Labute approximate surface area is 92.3 Å². The molecule has 15 heavy (non-hydrogen) atoms. The Balaban J connectivity index is 2.46. The molecule has 1 rings (SSSR count). The number of carboxylic acids is 1. The van der Waals surface area contributed by atoms with E-state index in [4.69, 9.17) is 0 Å². The lowest BCUT2D eigenvalue weighted by Crippen LogP contribution is -2.43. The molecule has 0 radical (unpaired) electrons. The number of nitrogens with one attached hydrogen (secondary N) is 1. The maximum Gasteiger partial charge on any atom is 0.310 e. The monoisotopic (exact) mass is 213 g/mol. The third kappa shape index (κ3) is 2.94. The maximum absolute atomic E-state index is 11.2. The maximum atomic E-state index is 11.2. The number of carbonyl (C=O) groups is 1. The minimum atomic E-state index is -0.664. The Bertz CT molecular complexity index is 220. The van der Waals surface area contributed by atoms with Gasteiger partial charge >= 0.3 is 5.97 Å². The zero-order valence-corrected chi connectivity index (χ0v) is 10.0. The van der Waals surface area contributed by atoms with Gasteiger partial charge in [-0.25, -0.2) is 0 Å². The molecule has 0 spiro atoms. The van der Waals surface area contributed by atoms with E-state index < -0.39 is 11.4 Å². The van der Waals surface area contributed by atoms with Crippen molar-refractivity contribution in [3.05, 3.63) is 0 Å². The molecule has 1 atom stereocenters. The molecule has 0 aromatic heterocycles. The van der Waals surface area contributed by atoms with E-state index in [0.717, 1.165) is 5.92 Å². The molecule has 1 fully saturated rings. The summed E-state index contributed by atoms with van der Waals surface area (Å²) in [4.78, 5) is 11.2. The van der Waals surface area contributed by atoms with E-state index in [1.54, 1.807) is 0 Å². The van der Waals surface area contributed by atoms with Crippen LogP contribution in [0.1, 0.15) is 46.5 Å². The van der Waals surface area contributed by atoms with Crippen LogP contribution in [0.5, 0.6) is 0 Å². The standard InChI is InChI=1S/C12H23NO2/c1-4-12(5-2,11(14)15)8-13-9(3)10-6-7-10/h9-10,13H,4-8H2,1-3H3,(H,14,15). The summed E-state index contributed by atoms with van der Waals surface area (Å²) in [6.07, 6.45) is 3.99. The highest BCUT2D eigenvalue weighted by Crippen LogP contribution is 2.33. The van der Waals surface area contributed by atoms with Gasteiger partial charge in [0.05, 0.1) is 5.41 Å². The topological polar surface area (TPSA) is 49.3 Å². The van der Waals surface area contributed by atoms with Gasteiger partial charge in [0.25, 0.3) is 0 Å². The van der Waals surface area contributed by atoms with Crippen LogP contribution >= 0.6 is 0 Å². The zero-order chi connectivity index (χ0) is 11.5. The minimum absolute atomic E-state index is 0.474. The Morgan fingerprint density at radius 1 is 1.47 bits per heavy atom. The highest BCUT2D eigenvalue weighted by molar-refractivity contribution is 5.74. The van der Waals surface area contributed by atoms with Crippen molar-refractivity contribution in [2.45, 2.75) is 52.5 Å². The molecular weight excluding hydrogens is 190 g/mol. The first-order valence-electron chi connectivity index (χ1n) is 6.02. The van der Waals surface area contributed by atoms with E-state index in [0.29, 0.717) is 25.4 Å². The molecule has 1 aliphatic rings. The van der Waals surface area contributed by atoms with Gasteiger partial charge in [0.2, 0.25) is 0 Å². The molecule has 0 bridgehead atoms. The Morgan fingerprint density at radius 3 is 2.33 bits per heavy atom. The smallest absolute Gasteiger partial charge is 0.310 e. The molecule has 0 aliphatic heterocycles. The fourth-order valence-corrected chi connectivity index (χ4v) is 2.00. The fourth-order valence-electron chi connectivity index (χ4n) is 2.00. The van der Waals surface area contributed by atoms with Crippen LogP contribution in [0.25, 0.3) is 0 Å². The molecule has 1 aliphatic carbocycles. The summed E-state index contributed by atoms with van der Waals surface area (Å²) < 4.78 is 0. The SMILES string of the molecule is CCC(CC)(CNC(C)C1CC1)C(=O)O. The molecule has 0 aromatic rings. The van der Waals surface area contributed by atoms with Crippen molar-refractivity contribution in [1.82, 2.24) is 5.32 Å². The van der Waals surface area contributed by atoms with E-state index in [1.807, 2.05) is 13.8 Å². The Morgan fingerprint density at radius 2 is 2.00 bits per heavy atom. The summed E-state index contributed by atoms with van der Waals surface area (Å²) in [5.74, 6) is 0.119. The highest BCUT2D eigenvalue weighted by Gasteiger charge is 2.36. The van der Waals surface area contributed by atoms with Gasteiger partial charge < -0.3 is 10.4 Å². The lowest BCUT2D eigenvalue weighted by Gasteiger charge is -2.28. The van der Waals surface area contributed by atoms with Crippen LogP contribution < -0.4 is 5.32 Å². The third-order valence-electron chi connectivity index (χ3n) is 3.90. The first-order chi connectivity index (χ1) is 7.05. The van der Waals surface area contributed by atoms with Crippen LogP contribution in [0.15, 0.2) is 0 Å². The van der Waals surface area contributed by atoms with Crippen molar-refractivity contribution in [3.63, 3.8) is 0 Å². The lowest BCUT2D eigenvalue weighted by atomic mass is 9.82. The molecule has 3 heteroatoms. The first kappa shape index (κ1) is 12.5. The van der Waals surface area contributed by atoms with Crippen molar-refractivity contribution in [3.8, 4) is 0 Å². The van der Waals surface area contributed by atoms with Crippen LogP contribution in [-0.4, -0.2) is 23.7 Å². The Hall–Kier alpha value is -0.570. The minimum Gasteiger partial charge on any atom is -0.481 e. The summed E-state index contributed by atoms with van der Waals surface area (Å²) in [7, 11) is 0. The summed E-state index contributed by atoms with van der Waals surface area (Å²) >= 11 is 0. The van der Waals surface area contributed by atoms with Crippen LogP contribution in [0.3, 0.4) is 0 Å². The van der Waals surface area contributed by atoms with Crippen molar-refractivity contribution in [2.75, 3.05) is 6.54 Å². The van der Waals surface area contributed by atoms with Crippen molar-refractivity contribution in [1.29, 1.82) is 0 Å². The molecule has 0 heterocycles. The molecule has 1 saturated carbocycles. The second kappa shape index (κ2) is 4.97. The number of hydrogen-bond donors (Lipinski definition) is 2. The van der Waals surface area contributed by atoms with Gasteiger partial charge in [-0.05, 0) is 38.5 Å². The average molecular weight is 213 g/mol. The van der Waals surface area contributed by atoms with Gasteiger partial charge in [0.1, 0.15) is 0 Å².